The number of nitrogens with zero attached hydrogens (tertiary/aromatic N) is 2. The van der Waals surface area contributed by atoms with Gasteiger partial charge in [-0.05, 0) is 64.2 Å². The maximum atomic E-state index is 13.2. The minimum Gasteiger partial charge on any atom is -0.508 e. The lowest BCUT2D eigenvalue weighted by molar-refractivity contribution is -0.252. The second kappa shape index (κ2) is 18.6. The summed E-state index contributed by atoms with van der Waals surface area (Å²) >= 11 is 0. The summed E-state index contributed by atoms with van der Waals surface area (Å²) in [5.74, 6) is -0.759. The molecule has 12 nitrogen and oxygen atoms in total. The molecule has 2 heterocycles. The van der Waals surface area contributed by atoms with Gasteiger partial charge in [0.05, 0.1) is 37.9 Å². The molecule has 4 N–H and O–H groups in total. The van der Waals surface area contributed by atoms with E-state index in [0.29, 0.717) is 25.1 Å². The molecule has 0 spiro atoms. The molecular formula is C46H47N3O9. The highest BCUT2D eigenvalue weighted by molar-refractivity contribution is 6.06. The number of likely N-dealkylation sites (N-methyl/N-ethyl adjacent to an activating group) is 1. The van der Waals surface area contributed by atoms with E-state index < -0.39 is 30.4 Å². The van der Waals surface area contributed by atoms with Crippen LogP contribution in [0.3, 0.4) is 0 Å². The highest BCUT2D eigenvalue weighted by atomic mass is 16.7. The molecule has 2 fully saturated rings. The molecule has 5 atom stereocenters. The van der Waals surface area contributed by atoms with Crippen molar-refractivity contribution in [2.45, 2.75) is 63.2 Å². The Morgan fingerprint density at radius 1 is 0.845 bits per heavy atom. The fourth-order valence-corrected chi connectivity index (χ4v) is 7.32. The number of carbonyl (C=O) groups is 3. The lowest BCUT2D eigenvalue weighted by atomic mass is 9.98. The molecule has 300 valence electrons. The van der Waals surface area contributed by atoms with Crippen molar-refractivity contribution in [1.29, 1.82) is 0 Å². The van der Waals surface area contributed by atoms with Gasteiger partial charge in [-0.1, -0.05) is 109 Å². The molecular weight excluding hydrogens is 739 g/mol. The lowest BCUT2D eigenvalue weighted by Crippen LogP contribution is -2.41. The Balaban J connectivity index is 0.999. The number of amides is 3. The summed E-state index contributed by atoms with van der Waals surface area (Å²) in [6.07, 6.45) is -2.35. The summed E-state index contributed by atoms with van der Waals surface area (Å²) < 4.78 is 18.3. The number of aromatic hydroxyl groups is 1. The maximum absolute atomic E-state index is 13.2. The normalized spacial score (nSPS) is 20.0. The molecule has 0 saturated carbocycles. The molecule has 0 aromatic heterocycles. The fraction of sp³-hybridized carbons (Fsp3) is 0.283. The fourth-order valence-electron chi connectivity index (χ4n) is 7.32. The Hall–Kier alpha value is -5.89. The van der Waals surface area contributed by atoms with Crippen molar-refractivity contribution >= 4 is 17.9 Å². The van der Waals surface area contributed by atoms with Gasteiger partial charge in [0.15, 0.2) is 6.29 Å². The van der Waals surface area contributed by atoms with E-state index in [1.165, 1.54) is 0 Å². The van der Waals surface area contributed by atoms with Gasteiger partial charge in [0.1, 0.15) is 18.4 Å². The van der Waals surface area contributed by atoms with Crippen LogP contribution in [0.5, 0.6) is 5.75 Å². The highest BCUT2D eigenvalue weighted by Crippen LogP contribution is 2.39. The summed E-state index contributed by atoms with van der Waals surface area (Å²) in [7, 11) is 1.92. The van der Waals surface area contributed by atoms with E-state index in [1.54, 1.807) is 24.3 Å². The molecule has 2 saturated heterocycles. The number of rotatable bonds is 14. The van der Waals surface area contributed by atoms with Crippen LogP contribution in [-0.4, -0.2) is 75.3 Å². The van der Waals surface area contributed by atoms with Gasteiger partial charge < -0.3 is 39.7 Å². The molecule has 5 unspecified atom stereocenters. The number of alkyl carbamates (subject to hydrolysis) is 1. The number of hydrogen-bond donors (Lipinski definition) is 4. The average molecular weight is 786 g/mol. The maximum Gasteiger partial charge on any atom is 0.408 e. The van der Waals surface area contributed by atoms with Gasteiger partial charge in [-0.3, -0.25) is 14.5 Å². The van der Waals surface area contributed by atoms with Gasteiger partial charge in [-0.25, -0.2) is 4.79 Å². The van der Waals surface area contributed by atoms with Gasteiger partial charge >= 0.3 is 6.09 Å². The number of imide groups is 1. The summed E-state index contributed by atoms with van der Waals surface area (Å²) in [6.45, 7) is 0.908. The Morgan fingerprint density at radius 2 is 1.57 bits per heavy atom. The first kappa shape index (κ1) is 40.3. The Morgan fingerprint density at radius 3 is 2.31 bits per heavy atom. The molecule has 7 rings (SSSR count). The van der Waals surface area contributed by atoms with E-state index in [2.05, 4.69) is 5.32 Å². The van der Waals surface area contributed by atoms with Gasteiger partial charge in [-0.15, -0.1) is 0 Å². The van der Waals surface area contributed by atoms with Crippen LogP contribution in [0.4, 0.5) is 4.79 Å². The van der Waals surface area contributed by atoms with Crippen molar-refractivity contribution in [3.8, 4) is 16.9 Å². The average Bonchev–Trinajstić information content (AvgIpc) is 3.50. The van der Waals surface area contributed by atoms with Crippen LogP contribution in [0.25, 0.3) is 11.1 Å². The van der Waals surface area contributed by atoms with Crippen molar-refractivity contribution in [2.24, 2.45) is 0 Å². The van der Waals surface area contributed by atoms with Crippen molar-refractivity contribution < 1.29 is 43.9 Å². The van der Waals surface area contributed by atoms with Crippen LogP contribution in [0.1, 0.15) is 64.7 Å². The Labute approximate surface area is 337 Å². The Bertz CT molecular complexity index is 2180. The van der Waals surface area contributed by atoms with Crippen molar-refractivity contribution in [3.63, 3.8) is 0 Å². The van der Waals surface area contributed by atoms with E-state index in [0.717, 1.165) is 43.8 Å². The zero-order valence-corrected chi connectivity index (χ0v) is 32.1. The summed E-state index contributed by atoms with van der Waals surface area (Å²) in [6, 6.07) is 38.0. The molecule has 3 amide bonds. The van der Waals surface area contributed by atoms with Crippen LogP contribution in [0.15, 0.2) is 127 Å². The molecule has 12 heteroatoms. The van der Waals surface area contributed by atoms with E-state index in [4.69, 9.17) is 14.2 Å². The van der Waals surface area contributed by atoms with E-state index in [9.17, 15) is 29.7 Å². The number of hydrogen-bond acceptors (Lipinski definition) is 10. The summed E-state index contributed by atoms with van der Waals surface area (Å²) in [4.78, 5) is 41.7. The number of phenols is 1. The van der Waals surface area contributed by atoms with Crippen LogP contribution < -0.4 is 5.32 Å². The minimum atomic E-state index is -0.994. The summed E-state index contributed by atoms with van der Waals surface area (Å²) in [5, 5.41) is 32.9. The first-order valence-corrected chi connectivity index (χ1v) is 19.3. The minimum absolute atomic E-state index is 0.0496. The number of nitrogens with one attached hydrogen (secondary N) is 1. The predicted molar refractivity (Wildman–Crippen MR) is 215 cm³/mol. The van der Waals surface area contributed by atoms with Crippen LogP contribution >= 0.6 is 0 Å². The third-order valence-corrected chi connectivity index (χ3v) is 10.4. The van der Waals surface area contributed by atoms with E-state index in [-0.39, 0.29) is 50.0 Å². The number of carbonyl (C=O) groups excluding carboxylic acids is 3. The molecule has 5 aromatic carbocycles. The molecule has 2 aliphatic heterocycles. The van der Waals surface area contributed by atoms with Crippen LogP contribution in [0, 0.1) is 0 Å². The molecule has 58 heavy (non-hydrogen) atoms. The zero-order valence-electron chi connectivity index (χ0n) is 32.1. The number of ether oxygens (including phenoxy) is 3. The first-order chi connectivity index (χ1) is 28.1. The summed E-state index contributed by atoms with van der Waals surface area (Å²) in [5.41, 5.74) is 6.58. The lowest BCUT2D eigenvalue weighted by Gasteiger charge is -2.38. The smallest absolute Gasteiger partial charge is 0.408 e. The SMILES string of the molecule is CN(CC1CC(c2ccc(CO)cc2)OC(c2ccc(-c3cccc(CN4C(=O)CC(NC(=O)OCc5ccccc5)C4=O)c3)cc2)O1)CC(O)c1cccc(O)c1. The topological polar surface area (TPSA) is 158 Å². The van der Waals surface area contributed by atoms with E-state index >= 15 is 0 Å². The standard InChI is InChI=1S/C46H47N3O9/c1-48(27-41(52)37-11-6-12-38(51)22-37)26-39-23-42(34-15-13-30(28-50)14-16-34)58-45(57-39)35-19-17-33(18-20-35)36-10-5-9-32(21-36)25-49-43(53)24-40(44(49)54)47-46(55)56-29-31-7-3-2-4-8-31/h2-22,39-42,45,50-52H,23-29H2,1H3,(H,47,55). The number of phenolic OH excluding ortho intramolecular Hbond substituents is 1. The van der Waals surface area contributed by atoms with Crippen molar-refractivity contribution in [3.05, 3.63) is 161 Å². The number of benzene rings is 5. The third kappa shape index (κ3) is 10.2. The van der Waals surface area contributed by atoms with Crippen molar-refractivity contribution in [2.75, 3.05) is 20.1 Å². The zero-order chi connectivity index (χ0) is 40.6. The second-order valence-electron chi connectivity index (χ2n) is 14.8. The molecule has 0 bridgehead atoms. The predicted octanol–water partition coefficient (Wildman–Crippen LogP) is 6.32. The number of likely N-dealkylation sites (tertiary alicyclic amines) is 1. The van der Waals surface area contributed by atoms with Gasteiger partial charge in [0, 0.05) is 25.1 Å². The number of aliphatic hydroxyl groups is 2. The van der Waals surface area contributed by atoms with Crippen LogP contribution in [-0.2, 0) is 43.6 Å². The molecule has 0 aliphatic carbocycles. The first-order valence-electron chi connectivity index (χ1n) is 19.3. The van der Waals surface area contributed by atoms with E-state index in [1.807, 2.05) is 115 Å². The molecule has 0 radical (unpaired) electrons. The quantitative estimate of drug-likeness (QED) is 0.0940. The monoisotopic (exact) mass is 785 g/mol. The molecule has 2 aliphatic rings. The van der Waals surface area contributed by atoms with Crippen molar-refractivity contribution in [1.82, 2.24) is 15.1 Å². The highest BCUT2D eigenvalue weighted by Gasteiger charge is 2.40. The largest absolute Gasteiger partial charge is 0.508 e. The Kier molecular flexibility index (Phi) is 12.9. The van der Waals surface area contributed by atoms with Gasteiger partial charge in [0.25, 0.3) is 5.91 Å². The number of aliphatic hydroxyl groups excluding tert-OH is 2. The molecule has 5 aromatic rings. The van der Waals surface area contributed by atoms with Gasteiger partial charge in [-0.2, -0.15) is 0 Å². The van der Waals surface area contributed by atoms with Crippen LogP contribution in [0.2, 0.25) is 0 Å². The van der Waals surface area contributed by atoms with Gasteiger partial charge in [0.2, 0.25) is 5.91 Å². The third-order valence-electron chi connectivity index (χ3n) is 10.4. The second-order valence-corrected chi connectivity index (χ2v) is 14.8.